The zero-order chi connectivity index (χ0) is 16.5. The van der Waals surface area contributed by atoms with Gasteiger partial charge in [0, 0.05) is 36.7 Å². The third kappa shape index (κ3) is 2.86. The maximum absolute atomic E-state index is 13.4. The Morgan fingerprint density at radius 1 is 1.17 bits per heavy atom. The summed E-state index contributed by atoms with van der Waals surface area (Å²) in [5, 5.41) is 0. The summed E-state index contributed by atoms with van der Waals surface area (Å²) >= 11 is 0. The smallest absolute Gasteiger partial charge is 0.254 e. The highest BCUT2D eigenvalue weighted by Gasteiger charge is 2.44. The zero-order valence-electron chi connectivity index (χ0n) is 13.3. The molecule has 2 aromatic rings. The lowest BCUT2D eigenvalue weighted by Crippen LogP contribution is -2.49. The Morgan fingerprint density at radius 3 is 2.62 bits per heavy atom. The van der Waals surface area contributed by atoms with Gasteiger partial charge < -0.3 is 9.64 Å². The molecule has 2 atom stereocenters. The van der Waals surface area contributed by atoms with Crippen LogP contribution in [-0.2, 0) is 0 Å². The molecule has 124 valence electrons. The minimum atomic E-state index is -0.372. The van der Waals surface area contributed by atoms with Crippen molar-refractivity contribution in [1.29, 1.82) is 0 Å². The van der Waals surface area contributed by atoms with E-state index < -0.39 is 0 Å². The topological polar surface area (TPSA) is 42.4 Å². The van der Waals surface area contributed by atoms with Crippen molar-refractivity contribution in [3.05, 3.63) is 60.2 Å². The van der Waals surface area contributed by atoms with Gasteiger partial charge in [-0.15, -0.1) is 0 Å². The number of rotatable bonds is 3. The van der Waals surface area contributed by atoms with E-state index in [2.05, 4.69) is 4.98 Å². The van der Waals surface area contributed by atoms with Gasteiger partial charge in [0.2, 0.25) is 0 Å². The van der Waals surface area contributed by atoms with Crippen LogP contribution in [0.1, 0.15) is 36.0 Å². The normalized spacial score (nSPS) is 25.5. The molecule has 2 aliphatic heterocycles. The molecule has 2 bridgehead atoms. The third-order valence-electron chi connectivity index (χ3n) is 4.93. The largest absolute Gasteiger partial charge is 0.489 e. The number of ether oxygens (including phenoxy) is 1. The van der Waals surface area contributed by atoms with Gasteiger partial charge in [0.15, 0.2) is 0 Å². The average Bonchev–Trinajstić information content (AvgIpc) is 2.86. The molecule has 0 radical (unpaired) electrons. The average molecular weight is 326 g/mol. The first kappa shape index (κ1) is 15.1. The fourth-order valence-corrected chi connectivity index (χ4v) is 3.93. The molecule has 4 nitrogen and oxygen atoms in total. The van der Waals surface area contributed by atoms with Gasteiger partial charge in [-0.2, -0.15) is 0 Å². The minimum absolute atomic E-state index is 0.0678. The molecule has 2 saturated heterocycles. The molecule has 3 heterocycles. The molecule has 0 N–H and O–H groups in total. The van der Waals surface area contributed by atoms with Gasteiger partial charge in [-0.05, 0) is 43.2 Å². The molecule has 1 aromatic heterocycles. The van der Waals surface area contributed by atoms with E-state index in [0.717, 1.165) is 31.4 Å². The van der Waals surface area contributed by atoms with Crippen molar-refractivity contribution in [1.82, 2.24) is 9.88 Å². The lowest BCUT2D eigenvalue weighted by Gasteiger charge is -2.39. The van der Waals surface area contributed by atoms with Crippen molar-refractivity contribution in [2.24, 2.45) is 0 Å². The summed E-state index contributed by atoms with van der Waals surface area (Å²) in [5.41, 5.74) is 0.429. The number of halogens is 1. The molecular weight excluding hydrogens is 307 g/mol. The van der Waals surface area contributed by atoms with Crippen LogP contribution in [0.25, 0.3) is 0 Å². The number of benzene rings is 1. The van der Waals surface area contributed by atoms with Crippen LogP contribution in [0.2, 0.25) is 0 Å². The van der Waals surface area contributed by atoms with Crippen molar-refractivity contribution in [3.63, 3.8) is 0 Å². The lowest BCUT2D eigenvalue weighted by molar-refractivity contribution is 0.0357. The Hall–Kier alpha value is -2.43. The van der Waals surface area contributed by atoms with Gasteiger partial charge in [-0.1, -0.05) is 6.07 Å². The Bertz CT molecular complexity index is 723. The van der Waals surface area contributed by atoms with Crippen molar-refractivity contribution >= 4 is 5.91 Å². The molecule has 0 spiro atoms. The van der Waals surface area contributed by atoms with E-state index >= 15 is 0 Å². The van der Waals surface area contributed by atoms with E-state index in [1.54, 1.807) is 24.5 Å². The highest BCUT2D eigenvalue weighted by Crippen LogP contribution is 2.38. The molecule has 2 aliphatic rings. The summed E-state index contributed by atoms with van der Waals surface area (Å²) in [6.07, 6.45) is 7.13. The Labute approximate surface area is 140 Å². The molecular formula is C19H19FN2O2. The number of nitrogens with zero attached hydrogens (tertiary/aromatic N) is 2. The first-order chi connectivity index (χ1) is 11.7. The molecule has 24 heavy (non-hydrogen) atoms. The van der Waals surface area contributed by atoms with Crippen molar-refractivity contribution < 1.29 is 13.9 Å². The summed E-state index contributed by atoms with van der Waals surface area (Å²) in [6, 6.07) is 10.0. The van der Waals surface area contributed by atoms with E-state index in [1.807, 2.05) is 17.0 Å². The maximum Gasteiger partial charge on any atom is 0.254 e. The van der Waals surface area contributed by atoms with Gasteiger partial charge in [0.05, 0.1) is 6.20 Å². The molecule has 2 fully saturated rings. The number of aromatic nitrogens is 1. The van der Waals surface area contributed by atoms with E-state index in [0.29, 0.717) is 5.56 Å². The molecule has 4 rings (SSSR count). The number of hydrogen-bond donors (Lipinski definition) is 0. The quantitative estimate of drug-likeness (QED) is 0.868. The highest BCUT2D eigenvalue weighted by atomic mass is 19.1. The summed E-state index contributed by atoms with van der Waals surface area (Å²) in [5.74, 6) is 0.330. The second-order valence-corrected chi connectivity index (χ2v) is 6.51. The fourth-order valence-electron chi connectivity index (χ4n) is 3.93. The summed E-state index contributed by atoms with van der Waals surface area (Å²) in [7, 11) is 0. The molecule has 0 saturated carbocycles. The summed E-state index contributed by atoms with van der Waals surface area (Å²) < 4.78 is 19.4. The van der Waals surface area contributed by atoms with Gasteiger partial charge >= 0.3 is 0 Å². The number of fused-ring (bicyclic) bond motifs is 2. The molecule has 0 aliphatic carbocycles. The van der Waals surface area contributed by atoms with Crippen LogP contribution >= 0.6 is 0 Å². The summed E-state index contributed by atoms with van der Waals surface area (Å²) in [4.78, 5) is 18.8. The van der Waals surface area contributed by atoms with Gasteiger partial charge in [-0.3, -0.25) is 9.78 Å². The van der Waals surface area contributed by atoms with Crippen molar-refractivity contribution in [2.75, 3.05) is 0 Å². The van der Waals surface area contributed by atoms with Crippen molar-refractivity contribution in [3.8, 4) is 5.75 Å². The number of piperidine rings is 1. The predicted molar refractivity (Wildman–Crippen MR) is 87.3 cm³/mol. The van der Waals surface area contributed by atoms with E-state index in [4.69, 9.17) is 4.74 Å². The van der Waals surface area contributed by atoms with E-state index in [1.165, 1.54) is 12.1 Å². The number of carbonyl (C=O) groups is 1. The van der Waals surface area contributed by atoms with Gasteiger partial charge in [-0.25, -0.2) is 4.39 Å². The number of hydrogen-bond acceptors (Lipinski definition) is 3. The number of pyridine rings is 1. The summed E-state index contributed by atoms with van der Waals surface area (Å²) in [6.45, 7) is 0. The maximum atomic E-state index is 13.4. The van der Waals surface area contributed by atoms with Gasteiger partial charge in [0.25, 0.3) is 5.91 Å². The molecule has 2 unspecified atom stereocenters. The van der Waals surface area contributed by atoms with E-state index in [9.17, 15) is 9.18 Å². The Morgan fingerprint density at radius 2 is 1.96 bits per heavy atom. The minimum Gasteiger partial charge on any atom is -0.489 e. The number of amides is 1. The number of carbonyl (C=O) groups excluding carboxylic acids is 1. The fraction of sp³-hybridized carbons (Fsp3) is 0.368. The SMILES string of the molecule is O=C(c1cccc(F)c1)N1C2CCC1CC(Oc1cccnc1)C2. The van der Waals surface area contributed by atoms with E-state index in [-0.39, 0.29) is 29.9 Å². The van der Waals surface area contributed by atoms with Crippen LogP contribution < -0.4 is 4.74 Å². The van der Waals surface area contributed by atoms with Crippen LogP contribution in [0.5, 0.6) is 5.75 Å². The van der Waals surface area contributed by atoms with Crippen molar-refractivity contribution in [2.45, 2.75) is 43.9 Å². The lowest BCUT2D eigenvalue weighted by atomic mass is 9.98. The first-order valence-corrected chi connectivity index (χ1v) is 8.35. The monoisotopic (exact) mass is 326 g/mol. The third-order valence-corrected chi connectivity index (χ3v) is 4.93. The van der Waals surface area contributed by atoms with Crippen LogP contribution in [0.3, 0.4) is 0 Å². The Balaban J connectivity index is 1.48. The second-order valence-electron chi connectivity index (χ2n) is 6.51. The Kier molecular flexibility index (Phi) is 3.92. The zero-order valence-corrected chi connectivity index (χ0v) is 13.3. The van der Waals surface area contributed by atoms with Gasteiger partial charge in [0.1, 0.15) is 17.7 Å². The molecule has 1 aromatic carbocycles. The second kappa shape index (κ2) is 6.23. The highest BCUT2D eigenvalue weighted by molar-refractivity contribution is 5.95. The van der Waals surface area contributed by atoms with Crippen LogP contribution in [0.15, 0.2) is 48.8 Å². The molecule has 1 amide bonds. The standard InChI is InChI=1S/C19H19FN2O2/c20-14-4-1-3-13(9-14)19(23)22-15-6-7-16(22)11-18(10-15)24-17-5-2-8-21-12-17/h1-5,8-9,12,15-16,18H,6-7,10-11H2. The first-order valence-electron chi connectivity index (χ1n) is 8.35. The predicted octanol–water partition coefficient (Wildman–Crippen LogP) is 3.44. The molecule has 5 heteroatoms. The van der Waals surface area contributed by atoms with Crippen LogP contribution in [0.4, 0.5) is 4.39 Å². The van der Waals surface area contributed by atoms with Crippen LogP contribution in [0, 0.1) is 5.82 Å². The van der Waals surface area contributed by atoms with Crippen LogP contribution in [-0.4, -0.2) is 34.0 Å².